The molecule has 4 aliphatic rings. The highest BCUT2D eigenvalue weighted by Crippen LogP contribution is 2.63. The molecule has 0 heterocycles. The van der Waals surface area contributed by atoms with Crippen LogP contribution in [0.4, 0.5) is 4.39 Å². The number of ketones is 1. The van der Waals surface area contributed by atoms with Crippen LogP contribution in [0.5, 0.6) is 0 Å². The van der Waals surface area contributed by atoms with Crippen LogP contribution in [0.3, 0.4) is 0 Å². The summed E-state index contributed by atoms with van der Waals surface area (Å²) in [5, 5.41) is 9.76. The summed E-state index contributed by atoms with van der Waals surface area (Å²) in [7, 11) is -4.20. The number of rotatable bonds is 7. The van der Waals surface area contributed by atoms with E-state index < -0.39 is 37.7 Å². The van der Waals surface area contributed by atoms with E-state index in [4.69, 9.17) is 0 Å². The molecule has 2 unspecified atom stereocenters. The summed E-state index contributed by atoms with van der Waals surface area (Å²) in [6.07, 6.45) is 4.06. The fourth-order valence-corrected chi connectivity index (χ4v) is 7.78. The molecule has 4 saturated carbocycles. The number of Topliss-reactive ketones (excluding diaryl/α,β-unsaturated/α-hetero) is 1. The topological polar surface area (TPSA) is 101 Å². The van der Waals surface area contributed by atoms with Crippen LogP contribution in [0.2, 0.25) is 0 Å². The van der Waals surface area contributed by atoms with Crippen LogP contribution < -0.4 is 4.72 Å². The molecule has 4 aliphatic carbocycles. The second-order valence-electron chi connectivity index (χ2n) is 10.0. The first kappa shape index (κ1) is 21.4. The van der Waals surface area contributed by atoms with Crippen LogP contribution in [0.25, 0.3) is 0 Å². The highest BCUT2D eigenvalue weighted by molar-refractivity contribution is 7.89. The minimum Gasteiger partial charge on any atom is -0.481 e. The molecule has 30 heavy (non-hydrogen) atoms. The maximum absolute atomic E-state index is 14.0. The number of carboxylic acid groups (broad SMARTS) is 1. The molecule has 6 nitrogen and oxygen atoms in total. The molecule has 1 aromatic carbocycles. The molecule has 0 saturated heterocycles. The molecule has 0 aliphatic heterocycles. The van der Waals surface area contributed by atoms with Gasteiger partial charge in [-0.05, 0) is 81.8 Å². The Labute approximate surface area is 176 Å². The number of benzene rings is 1. The molecule has 5 rings (SSSR count). The number of sulfonamides is 1. The Hall–Kier alpha value is -1.80. The summed E-state index contributed by atoms with van der Waals surface area (Å²) < 4.78 is 41.7. The van der Waals surface area contributed by atoms with E-state index in [-0.39, 0.29) is 30.0 Å². The molecule has 2 atom stereocenters. The fraction of sp³-hybridized carbons (Fsp3) is 0.636. The smallest absolute Gasteiger partial charge is 0.309 e. The SMILES string of the molecule is CC(C)(NS(=O)(=O)c1ccccc1F)C(=O)CC1C2CC3CC1CC(C(=O)O)(C3)C2. The van der Waals surface area contributed by atoms with Crippen molar-refractivity contribution >= 4 is 21.8 Å². The number of hydrogen-bond acceptors (Lipinski definition) is 4. The zero-order valence-corrected chi connectivity index (χ0v) is 18.0. The van der Waals surface area contributed by atoms with Crippen molar-refractivity contribution in [2.45, 2.75) is 62.8 Å². The number of carbonyl (C=O) groups is 2. The van der Waals surface area contributed by atoms with E-state index in [9.17, 15) is 27.5 Å². The van der Waals surface area contributed by atoms with Gasteiger partial charge in [0.2, 0.25) is 10.0 Å². The summed E-state index contributed by atoms with van der Waals surface area (Å²) in [4.78, 5) is 24.5. The van der Waals surface area contributed by atoms with Crippen molar-refractivity contribution in [3.63, 3.8) is 0 Å². The average Bonchev–Trinajstić information content (AvgIpc) is 2.63. The quantitative estimate of drug-likeness (QED) is 0.681. The Morgan fingerprint density at radius 3 is 2.33 bits per heavy atom. The second-order valence-corrected chi connectivity index (χ2v) is 11.7. The van der Waals surface area contributed by atoms with Crippen molar-refractivity contribution in [3.8, 4) is 0 Å². The predicted molar refractivity (Wildman–Crippen MR) is 108 cm³/mol. The zero-order chi connectivity index (χ0) is 21.9. The Bertz CT molecular complexity index is 973. The minimum atomic E-state index is -4.20. The molecule has 0 spiro atoms. The van der Waals surface area contributed by atoms with Crippen LogP contribution in [0.1, 0.15) is 52.4 Å². The van der Waals surface area contributed by atoms with E-state index >= 15 is 0 Å². The van der Waals surface area contributed by atoms with E-state index in [1.807, 2.05) is 0 Å². The van der Waals surface area contributed by atoms with Crippen molar-refractivity contribution in [1.82, 2.24) is 4.72 Å². The summed E-state index contributed by atoms with van der Waals surface area (Å²) in [5.74, 6) is -0.955. The molecule has 4 bridgehead atoms. The van der Waals surface area contributed by atoms with Crippen molar-refractivity contribution in [1.29, 1.82) is 0 Å². The highest BCUT2D eigenvalue weighted by Gasteiger charge is 2.59. The third-order valence-corrected chi connectivity index (χ3v) is 9.25. The van der Waals surface area contributed by atoms with Crippen molar-refractivity contribution < 1.29 is 27.5 Å². The normalized spacial score (nSPS) is 32.9. The number of nitrogens with one attached hydrogen (secondary N) is 1. The van der Waals surface area contributed by atoms with Gasteiger partial charge < -0.3 is 5.11 Å². The summed E-state index contributed by atoms with van der Waals surface area (Å²) in [6, 6.07) is 5.07. The van der Waals surface area contributed by atoms with E-state index in [1.54, 1.807) is 0 Å². The minimum absolute atomic E-state index is 0.0822. The van der Waals surface area contributed by atoms with E-state index in [2.05, 4.69) is 4.72 Å². The Morgan fingerprint density at radius 2 is 1.77 bits per heavy atom. The Morgan fingerprint density at radius 1 is 1.17 bits per heavy atom. The number of carbonyl (C=O) groups excluding carboxylic acids is 1. The van der Waals surface area contributed by atoms with Gasteiger partial charge in [-0.1, -0.05) is 12.1 Å². The third kappa shape index (κ3) is 3.58. The van der Waals surface area contributed by atoms with Crippen LogP contribution in [0.15, 0.2) is 29.2 Å². The molecular formula is C22H28FNO5S. The number of carboxylic acids is 1. The molecule has 0 aromatic heterocycles. The standard InChI is InChI=1S/C22H28FNO5S/c1-21(2,24-30(28,29)18-6-4-3-5-17(18)23)19(25)9-16-14-7-13-8-15(16)12-22(10-13,11-14)20(26)27/h3-6,13-16,24H,7-12H2,1-2H3,(H,26,27). The predicted octanol–water partition coefficient (Wildman–Crippen LogP) is 3.37. The second kappa shape index (κ2) is 7.12. The molecule has 0 amide bonds. The summed E-state index contributed by atoms with van der Waals surface area (Å²) in [5.41, 5.74) is -2.03. The van der Waals surface area contributed by atoms with Crippen LogP contribution in [-0.4, -0.2) is 30.8 Å². The largest absolute Gasteiger partial charge is 0.481 e. The van der Waals surface area contributed by atoms with Gasteiger partial charge in [-0.15, -0.1) is 0 Å². The van der Waals surface area contributed by atoms with Gasteiger partial charge in [0.15, 0.2) is 5.78 Å². The zero-order valence-electron chi connectivity index (χ0n) is 17.2. The van der Waals surface area contributed by atoms with E-state index in [0.717, 1.165) is 25.3 Å². The molecule has 1 aromatic rings. The lowest BCUT2D eigenvalue weighted by molar-refractivity contribution is -0.171. The van der Waals surface area contributed by atoms with Gasteiger partial charge >= 0.3 is 5.97 Å². The van der Waals surface area contributed by atoms with Crippen LogP contribution in [-0.2, 0) is 19.6 Å². The lowest BCUT2D eigenvalue weighted by Crippen LogP contribution is -2.56. The molecule has 8 heteroatoms. The van der Waals surface area contributed by atoms with Gasteiger partial charge in [-0.2, -0.15) is 4.72 Å². The van der Waals surface area contributed by atoms with Gasteiger partial charge in [-0.25, -0.2) is 12.8 Å². The molecule has 2 N–H and O–H groups in total. The molecular weight excluding hydrogens is 409 g/mol. The summed E-state index contributed by atoms with van der Waals surface area (Å²) >= 11 is 0. The monoisotopic (exact) mass is 437 g/mol. The fourth-order valence-electron chi connectivity index (χ4n) is 6.30. The number of halogens is 1. The number of aliphatic carboxylic acids is 1. The first-order valence-electron chi connectivity index (χ1n) is 10.5. The Kier molecular flexibility index (Phi) is 5.09. The number of hydrogen-bond donors (Lipinski definition) is 2. The van der Waals surface area contributed by atoms with E-state index in [0.29, 0.717) is 18.8 Å². The first-order chi connectivity index (χ1) is 13.9. The molecule has 164 valence electrons. The average molecular weight is 438 g/mol. The van der Waals surface area contributed by atoms with Crippen LogP contribution in [0, 0.1) is 34.9 Å². The van der Waals surface area contributed by atoms with Crippen molar-refractivity contribution in [2.24, 2.45) is 29.1 Å². The van der Waals surface area contributed by atoms with E-state index in [1.165, 1.54) is 32.0 Å². The highest BCUT2D eigenvalue weighted by atomic mass is 32.2. The maximum Gasteiger partial charge on any atom is 0.309 e. The lowest BCUT2D eigenvalue weighted by atomic mass is 9.45. The van der Waals surface area contributed by atoms with Gasteiger partial charge in [0.25, 0.3) is 0 Å². The summed E-state index contributed by atoms with van der Waals surface area (Å²) in [6.45, 7) is 3.01. The van der Waals surface area contributed by atoms with Gasteiger partial charge in [0, 0.05) is 6.42 Å². The van der Waals surface area contributed by atoms with Crippen LogP contribution >= 0.6 is 0 Å². The molecule has 0 radical (unpaired) electrons. The van der Waals surface area contributed by atoms with Gasteiger partial charge in [0.05, 0.1) is 11.0 Å². The Balaban J connectivity index is 1.49. The van der Waals surface area contributed by atoms with Gasteiger partial charge in [-0.3, -0.25) is 9.59 Å². The maximum atomic E-state index is 14.0. The first-order valence-corrected chi connectivity index (χ1v) is 12.0. The molecule has 4 fully saturated rings. The lowest BCUT2D eigenvalue weighted by Gasteiger charge is -2.58. The van der Waals surface area contributed by atoms with Crippen molar-refractivity contribution in [3.05, 3.63) is 30.1 Å². The third-order valence-electron chi connectivity index (χ3n) is 7.56. The van der Waals surface area contributed by atoms with Gasteiger partial charge in [0.1, 0.15) is 10.7 Å². The van der Waals surface area contributed by atoms with Crippen molar-refractivity contribution in [2.75, 3.05) is 0 Å².